The van der Waals surface area contributed by atoms with Crippen molar-refractivity contribution in [2.75, 3.05) is 39.8 Å². The SMILES string of the molecule is CN(CCOc1ccc(Br)cc1)C(=O)CN1CCC(N)CC1.Cl. The molecule has 0 spiro atoms. The molecule has 7 heteroatoms. The summed E-state index contributed by atoms with van der Waals surface area (Å²) in [6.07, 6.45) is 1.95. The van der Waals surface area contributed by atoms with E-state index in [0.717, 1.165) is 36.2 Å². The van der Waals surface area contributed by atoms with Gasteiger partial charge in [-0.2, -0.15) is 0 Å². The van der Waals surface area contributed by atoms with E-state index in [9.17, 15) is 4.79 Å². The smallest absolute Gasteiger partial charge is 0.236 e. The Hall–Kier alpha value is -0.820. The van der Waals surface area contributed by atoms with Crippen molar-refractivity contribution in [3.63, 3.8) is 0 Å². The molecular weight excluding hydrogens is 382 g/mol. The highest BCUT2D eigenvalue weighted by Crippen LogP contribution is 2.16. The summed E-state index contributed by atoms with van der Waals surface area (Å²) in [5.74, 6) is 0.948. The highest BCUT2D eigenvalue weighted by Gasteiger charge is 2.19. The summed E-state index contributed by atoms with van der Waals surface area (Å²) in [4.78, 5) is 16.1. The Labute approximate surface area is 152 Å². The molecular formula is C16H25BrClN3O2. The maximum Gasteiger partial charge on any atom is 0.236 e. The quantitative estimate of drug-likeness (QED) is 0.786. The zero-order valence-corrected chi connectivity index (χ0v) is 15.8. The number of piperidine rings is 1. The molecule has 0 aromatic heterocycles. The molecule has 1 saturated heterocycles. The number of nitrogens with two attached hydrogens (primary N) is 1. The molecule has 1 heterocycles. The van der Waals surface area contributed by atoms with Crippen LogP contribution >= 0.6 is 28.3 Å². The van der Waals surface area contributed by atoms with Crippen LogP contribution in [0.5, 0.6) is 5.75 Å². The van der Waals surface area contributed by atoms with Crippen molar-refractivity contribution < 1.29 is 9.53 Å². The Balaban J connectivity index is 0.00000264. The van der Waals surface area contributed by atoms with Crippen LogP contribution in [0.1, 0.15) is 12.8 Å². The number of halogens is 2. The summed E-state index contributed by atoms with van der Waals surface area (Å²) >= 11 is 3.39. The van der Waals surface area contributed by atoms with Gasteiger partial charge in [0.25, 0.3) is 0 Å². The predicted octanol–water partition coefficient (Wildman–Crippen LogP) is 2.13. The maximum atomic E-state index is 12.2. The lowest BCUT2D eigenvalue weighted by atomic mass is 10.1. The number of nitrogens with zero attached hydrogens (tertiary/aromatic N) is 2. The Morgan fingerprint density at radius 2 is 1.96 bits per heavy atom. The maximum absolute atomic E-state index is 12.2. The first kappa shape index (κ1) is 20.2. The molecule has 0 aliphatic carbocycles. The lowest BCUT2D eigenvalue weighted by Crippen LogP contribution is -2.45. The summed E-state index contributed by atoms with van der Waals surface area (Å²) < 4.78 is 6.66. The van der Waals surface area contributed by atoms with Crippen molar-refractivity contribution in [2.24, 2.45) is 5.73 Å². The van der Waals surface area contributed by atoms with Gasteiger partial charge in [0.05, 0.1) is 13.1 Å². The van der Waals surface area contributed by atoms with Gasteiger partial charge in [0, 0.05) is 30.7 Å². The summed E-state index contributed by atoms with van der Waals surface area (Å²) in [7, 11) is 1.82. The van der Waals surface area contributed by atoms with Gasteiger partial charge < -0.3 is 15.4 Å². The molecule has 2 rings (SSSR count). The van der Waals surface area contributed by atoms with Crippen molar-refractivity contribution in [3.05, 3.63) is 28.7 Å². The zero-order chi connectivity index (χ0) is 15.9. The van der Waals surface area contributed by atoms with Crippen molar-refractivity contribution in [1.29, 1.82) is 0 Å². The number of likely N-dealkylation sites (tertiary alicyclic amines) is 1. The summed E-state index contributed by atoms with van der Waals surface area (Å²) in [6, 6.07) is 7.98. The molecule has 0 bridgehead atoms. The van der Waals surface area contributed by atoms with Gasteiger partial charge in [-0.25, -0.2) is 0 Å². The van der Waals surface area contributed by atoms with Crippen LogP contribution in [0.3, 0.4) is 0 Å². The van der Waals surface area contributed by atoms with Gasteiger partial charge in [0.15, 0.2) is 0 Å². The van der Waals surface area contributed by atoms with Crippen molar-refractivity contribution >= 4 is 34.2 Å². The number of carbonyl (C=O) groups is 1. The molecule has 2 N–H and O–H groups in total. The molecule has 0 unspecified atom stereocenters. The fraction of sp³-hybridized carbons (Fsp3) is 0.562. The molecule has 0 saturated carbocycles. The molecule has 1 fully saturated rings. The molecule has 1 aromatic carbocycles. The summed E-state index contributed by atoms with van der Waals surface area (Å²) in [5.41, 5.74) is 5.88. The number of ether oxygens (including phenoxy) is 1. The van der Waals surface area contributed by atoms with Crippen LogP contribution in [0, 0.1) is 0 Å². The third-order valence-corrected chi connectivity index (χ3v) is 4.45. The average Bonchev–Trinajstić information content (AvgIpc) is 2.51. The van der Waals surface area contributed by atoms with Gasteiger partial charge in [-0.1, -0.05) is 15.9 Å². The molecule has 1 aliphatic rings. The number of hydrogen-bond donors (Lipinski definition) is 1. The van der Waals surface area contributed by atoms with Gasteiger partial charge in [-0.05, 0) is 37.1 Å². The molecule has 0 radical (unpaired) electrons. The highest BCUT2D eigenvalue weighted by atomic mass is 79.9. The predicted molar refractivity (Wildman–Crippen MR) is 98.2 cm³/mol. The van der Waals surface area contributed by atoms with Crippen LogP contribution < -0.4 is 10.5 Å². The Morgan fingerprint density at radius 1 is 1.35 bits per heavy atom. The fourth-order valence-electron chi connectivity index (χ4n) is 2.38. The van der Waals surface area contributed by atoms with Crippen LogP contribution in [0.25, 0.3) is 0 Å². The third-order valence-electron chi connectivity index (χ3n) is 3.93. The second-order valence-corrected chi connectivity index (χ2v) is 6.65. The standard InChI is InChI=1S/C16H24BrN3O2.ClH/c1-19(10-11-22-15-4-2-13(17)3-5-15)16(21)12-20-8-6-14(18)7-9-20;/h2-5,14H,6-12,18H2,1H3;1H. The monoisotopic (exact) mass is 405 g/mol. The molecule has 23 heavy (non-hydrogen) atoms. The fourth-order valence-corrected chi connectivity index (χ4v) is 2.64. The van der Waals surface area contributed by atoms with E-state index in [2.05, 4.69) is 20.8 Å². The number of benzene rings is 1. The minimum Gasteiger partial charge on any atom is -0.492 e. The molecule has 1 amide bonds. The molecule has 5 nitrogen and oxygen atoms in total. The van der Waals surface area contributed by atoms with Gasteiger partial charge in [-0.3, -0.25) is 9.69 Å². The number of hydrogen-bond acceptors (Lipinski definition) is 4. The van der Waals surface area contributed by atoms with Gasteiger partial charge in [0.2, 0.25) is 5.91 Å². The van der Waals surface area contributed by atoms with E-state index in [-0.39, 0.29) is 18.3 Å². The number of carbonyl (C=O) groups excluding carboxylic acids is 1. The van der Waals surface area contributed by atoms with Gasteiger partial charge in [0.1, 0.15) is 12.4 Å². The molecule has 0 atom stereocenters. The van der Waals surface area contributed by atoms with Crippen LogP contribution in [0.15, 0.2) is 28.7 Å². The molecule has 1 aromatic rings. The van der Waals surface area contributed by atoms with Crippen LogP contribution in [0.2, 0.25) is 0 Å². The lowest BCUT2D eigenvalue weighted by Gasteiger charge is -2.30. The summed E-state index contributed by atoms with van der Waals surface area (Å²) in [6.45, 7) is 3.38. The van der Waals surface area contributed by atoms with E-state index >= 15 is 0 Å². The minimum atomic E-state index is 0. The topological polar surface area (TPSA) is 58.8 Å². The molecule has 130 valence electrons. The van der Waals surface area contributed by atoms with E-state index in [0.29, 0.717) is 25.7 Å². The van der Waals surface area contributed by atoms with E-state index < -0.39 is 0 Å². The second kappa shape index (κ2) is 10.1. The van der Waals surface area contributed by atoms with Crippen LogP contribution in [0.4, 0.5) is 0 Å². The van der Waals surface area contributed by atoms with E-state index in [1.165, 1.54) is 0 Å². The number of rotatable bonds is 6. The van der Waals surface area contributed by atoms with Crippen molar-refractivity contribution in [1.82, 2.24) is 9.80 Å². The Morgan fingerprint density at radius 3 is 2.57 bits per heavy atom. The minimum absolute atomic E-state index is 0. The Kier molecular flexibility index (Phi) is 8.91. The highest BCUT2D eigenvalue weighted by molar-refractivity contribution is 9.10. The van der Waals surface area contributed by atoms with E-state index in [1.807, 2.05) is 31.3 Å². The van der Waals surface area contributed by atoms with E-state index in [4.69, 9.17) is 10.5 Å². The molecule has 1 aliphatic heterocycles. The Bertz CT molecular complexity index is 479. The van der Waals surface area contributed by atoms with Crippen LogP contribution in [-0.4, -0.2) is 61.6 Å². The third kappa shape index (κ3) is 7.08. The van der Waals surface area contributed by atoms with Crippen molar-refractivity contribution in [2.45, 2.75) is 18.9 Å². The average molecular weight is 407 g/mol. The van der Waals surface area contributed by atoms with Crippen LogP contribution in [-0.2, 0) is 4.79 Å². The summed E-state index contributed by atoms with van der Waals surface area (Å²) in [5, 5.41) is 0. The van der Waals surface area contributed by atoms with E-state index in [1.54, 1.807) is 4.90 Å². The zero-order valence-electron chi connectivity index (χ0n) is 13.4. The first-order chi connectivity index (χ1) is 10.5. The first-order valence-corrected chi connectivity index (χ1v) is 8.44. The van der Waals surface area contributed by atoms with Gasteiger partial charge >= 0.3 is 0 Å². The largest absolute Gasteiger partial charge is 0.492 e. The normalized spacial score (nSPS) is 15.8. The second-order valence-electron chi connectivity index (χ2n) is 5.73. The first-order valence-electron chi connectivity index (χ1n) is 7.65. The van der Waals surface area contributed by atoms with Gasteiger partial charge in [-0.15, -0.1) is 12.4 Å². The number of amides is 1. The number of likely N-dealkylation sites (N-methyl/N-ethyl adjacent to an activating group) is 1. The van der Waals surface area contributed by atoms with Crippen molar-refractivity contribution in [3.8, 4) is 5.75 Å². The lowest BCUT2D eigenvalue weighted by molar-refractivity contribution is -0.131.